The van der Waals surface area contributed by atoms with Gasteiger partial charge in [-0.2, -0.15) is 0 Å². The van der Waals surface area contributed by atoms with Crippen molar-refractivity contribution in [3.8, 4) is 5.75 Å². The summed E-state index contributed by atoms with van der Waals surface area (Å²) < 4.78 is 5.83. The summed E-state index contributed by atoms with van der Waals surface area (Å²) in [6, 6.07) is 9.42. The number of aryl methyl sites for hydroxylation is 2. The average Bonchev–Trinajstić information content (AvgIpc) is 2.99. The second kappa shape index (κ2) is 6.59. The van der Waals surface area contributed by atoms with Crippen LogP contribution in [0, 0.1) is 0 Å². The standard InChI is InChI=1S/C19H23N3O/c1(14-3-4-19-16(9-14)5-7-22-19)2-15-10-18(12-20-11-15)23-13-17-6-8-21-17/h3-4,9-12,17,21-22H,1-2,5-8,13H2/t17-/m0/s1. The van der Waals surface area contributed by atoms with Crippen LogP contribution >= 0.6 is 0 Å². The van der Waals surface area contributed by atoms with Crippen molar-refractivity contribution < 1.29 is 4.74 Å². The molecule has 1 atom stereocenters. The van der Waals surface area contributed by atoms with Crippen molar-refractivity contribution in [1.82, 2.24) is 10.3 Å². The Morgan fingerprint density at radius 1 is 1.09 bits per heavy atom. The van der Waals surface area contributed by atoms with E-state index in [-0.39, 0.29) is 0 Å². The molecule has 0 saturated carbocycles. The van der Waals surface area contributed by atoms with Crippen LogP contribution in [0.1, 0.15) is 23.1 Å². The summed E-state index contributed by atoms with van der Waals surface area (Å²) >= 11 is 0. The Morgan fingerprint density at radius 3 is 2.87 bits per heavy atom. The molecule has 23 heavy (non-hydrogen) atoms. The Labute approximate surface area is 137 Å². The molecule has 0 spiro atoms. The molecule has 4 heteroatoms. The lowest BCUT2D eigenvalue weighted by Crippen LogP contribution is -2.46. The van der Waals surface area contributed by atoms with Gasteiger partial charge in [0, 0.05) is 24.5 Å². The molecule has 4 rings (SSSR count). The zero-order valence-electron chi connectivity index (χ0n) is 13.3. The smallest absolute Gasteiger partial charge is 0.137 e. The van der Waals surface area contributed by atoms with Crippen LogP contribution in [0.2, 0.25) is 0 Å². The van der Waals surface area contributed by atoms with E-state index in [0.29, 0.717) is 6.04 Å². The van der Waals surface area contributed by atoms with Gasteiger partial charge in [0.25, 0.3) is 0 Å². The molecule has 0 aliphatic carbocycles. The average molecular weight is 309 g/mol. The first-order valence-electron chi connectivity index (χ1n) is 8.52. The molecule has 1 aromatic heterocycles. The van der Waals surface area contributed by atoms with Crippen molar-refractivity contribution >= 4 is 5.69 Å². The fraction of sp³-hybridized carbons (Fsp3) is 0.421. The number of aromatic nitrogens is 1. The molecular formula is C19H23N3O. The summed E-state index contributed by atoms with van der Waals surface area (Å²) in [6.45, 7) is 2.92. The van der Waals surface area contributed by atoms with Gasteiger partial charge in [-0.15, -0.1) is 0 Å². The minimum Gasteiger partial charge on any atom is -0.490 e. The summed E-state index contributed by atoms with van der Waals surface area (Å²) in [6.07, 6.45) is 8.15. The Hall–Kier alpha value is -2.07. The van der Waals surface area contributed by atoms with Crippen LogP contribution in [0.5, 0.6) is 5.75 Å². The van der Waals surface area contributed by atoms with E-state index in [1.807, 2.05) is 12.4 Å². The molecule has 120 valence electrons. The number of nitrogens with zero attached hydrogens (tertiary/aromatic N) is 1. The number of hydrogen-bond donors (Lipinski definition) is 2. The van der Waals surface area contributed by atoms with Crippen LogP contribution in [0.3, 0.4) is 0 Å². The fourth-order valence-electron chi connectivity index (χ4n) is 3.17. The molecule has 0 bridgehead atoms. The molecule has 3 heterocycles. The summed E-state index contributed by atoms with van der Waals surface area (Å²) in [5, 5.41) is 6.76. The van der Waals surface area contributed by atoms with E-state index in [0.717, 1.165) is 44.7 Å². The number of fused-ring (bicyclic) bond motifs is 1. The highest BCUT2D eigenvalue weighted by atomic mass is 16.5. The van der Waals surface area contributed by atoms with Crippen LogP contribution in [-0.4, -0.2) is 30.7 Å². The molecule has 0 unspecified atom stereocenters. The van der Waals surface area contributed by atoms with Crippen LogP contribution in [0.15, 0.2) is 36.7 Å². The van der Waals surface area contributed by atoms with Crippen molar-refractivity contribution in [3.63, 3.8) is 0 Å². The summed E-state index contributed by atoms with van der Waals surface area (Å²) in [4.78, 5) is 4.32. The highest BCUT2D eigenvalue weighted by Crippen LogP contribution is 2.24. The maximum absolute atomic E-state index is 5.83. The van der Waals surface area contributed by atoms with Crippen molar-refractivity contribution in [3.05, 3.63) is 53.3 Å². The monoisotopic (exact) mass is 309 g/mol. The predicted molar refractivity (Wildman–Crippen MR) is 92.2 cm³/mol. The molecule has 0 amide bonds. The first-order valence-corrected chi connectivity index (χ1v) is 8.52. The minimum atomic E-state index is 0.513. The highest BCUT2D eigenvalue weighted by Gasteiger charge is 2.16. The molecule has 4 nitrogen and oxygen atoms in total. The lowest BCUT2D eigenvalue weighted by Gasteiger charge is -2.27. The number of hydrogen-bond acceptors (Lipinski definition) is 4. The quantitative estimate of drug-likeness (QED) is 0.861. The lowest BCUT2D eigenvalue weighted by molar-refractivity contribution is 0.217. The van der Waals surface area contributed by atoms with Gasteiger partial charge in [0.1, 0.15) is 12.4 Å². The normalized spacial score (nSPS) is 18.9. The fourth-order valence-corrected chi connectivity index (χ4v) is 3.17. The molecule has 2 aliphatic heterocycles. The third-order valence-corrected chi connectivity index (χ3v) is 4.73. The number of ether oxygens (including phenoxy) is 1. The third-order valence-electron chi connectivity index (χ3n) is 4.73. The second-order valence-corrected chi connectivity index (χ2v) is 6.45. The van der Waals surface area contributed by atoms with Gasteiger partial charge in [0.05, 0.1) is 6.20 Å². The third kappa shape index (κ3) is 3.48. The zero-order valence-corrected chi connectivity index (χ0v) is 13.3. The van der Waals surface area contributed by atoms with Crippen LogP contribution in [0.25, 0.3) is 0 Å². The molecule has 2 aliphatic rings. The van der Waals surface area contributed by atoms with Crippen molar-refractivity contribution in [2.75, 3.05) is 25.0 Å². The van der Waals surface area contributed by atoms with Gasteiger partial charge in [-0.1, -0.05) is 12.1 Å². The molecule has 2 aromatic rings. The van der Waals surface area contributed by atoms with Gasteiger partial charge in [-0.3, -0.25) is 4.98 Å². The van der Waals surface area contributed by atoms with Gasteiger partial charge in [-0.25, -0.2) is 0 Å². The first-order chi connectivity index (χ1) is 11.4. The van der Waals surface area contributed by atoms with Gasteiger partial charge < -0.3 is 15.4 Å². The number of benzene rings is 1. The molecule has 1 aromatic carbocycles. The Morgan fingerprint density at radius 2 is 2.00 bits per heavy atom. The molecule has 1 saturated heterocycles. The SMILES string of the molecule is c1cc2c(cc1CCc1cncc(OC[C@@H]3CCN3)c1)CCN2. The van der Waals surface area contributed by atoms with Gasteiger partial charge in [0.15, 0.2) is 0 Å². The van der Waals surface area contributed by atoms with E-state index in [9.17, 15) is 0 Å². The van der Waals surface area contributed by atoms with Gasteiger partial charge in [0.2, 0.25) is 0 Å². The van der Waals surface area contributed by atoms with E-state index < -0.39 is 0 Å². The number of rotatable bonds is 6. The Kier molecular flexibility index (Phi) is 4.16. The van der Waals surface area contributed by atoms with Crippen molar-refractivity contribution in [2.24, 2.45) is 0 Å². The number of pyridine rings is 1. The number of anilines is 1. The number of nitrogens with one attached hydrogen (secondary N) is 2. The summed E-state index contributed by atoms with van der Waals surface area (Å²) in [5.41, 5.74) is 5.39. The van der Waals surface area contributed by atoms with Crippen LogP contribution in [-0.2, 0) is 19.3 Å². The summed E-state index contributed by atoms with van der Waals surface area (Å²) in [7, 11) is 0. The Balaban J connectivity index is 1.34. The van der Waals surface area contributed by atoms with Gasteiger partial charge >= 0.3 is 0 Å². The Bertz CT molecular complexity index is 682. The van der Waals surface area contributed by atoms with Crippen molar-refractivity contribution in [1.29, 1.82) is 0 Å². The van der Waals surface area contributed by atoms with Crippen LogP contribution in [0.4, 0.5) is 5.69 Å². The molecule has 1 fully saturated rings. The molecule has 0 radical (unpaired) electrons. The highest BCUT2D eigenvalue weighted by molar-refractivity contribution is 5.56. The molecular weight excluding hydrogens is 286 g/mol. The lowest BCUT2D eigenvalue weighted by atomic mass is 10.0. The van der Waals surface area contributed by atoms with Crippen LogP contribution < -0.4 is 15.4 Å². The van der Waals surface area contributed by atoms with E-state index in [1.54, 1.807) is 0 Å². The predicted octanol–water partition coefficient (Wildman–Crippen LogP) is 2.58. The first kappa shape index (κ1) is 14.5. The topological polar surface area (TPSA) is 46.2 Å². The van der Waals surface area contributed by atoms with Gasteiger partial charge in [-0.05, 0) is 61.1 Å². The maximum Gasteiger partial charge on any atom is 0.137 e. The largest absolute Gasteiger partial charge is 0.490 e. The molecule has 2 N–H and O–H groups in total. The van der Waals surface area contributed by atoms with Crippen molar-refractivity contribution in [2.45, 2.75) is 31.7 Å². The minimum absolute atomic E-state index is 0.513. The maximum atomic E-state index is 5.83. The zero-order chi connectivity index (χ0) is 15.5. The van der Waals surface area contributed by atoms with E-state index >= 15 is 0 Å². The second-order valence-electron chi connectivity index (χ2n) is 6.45. The van der Waals surface area contributed by atoms with E-state index in [1.165, 1.54) is 28.8 Å². The van der Waals surface area contributed by atoms with E-state index in [2.05, 4.69) is 39.9 Å². The summed E-state index contributed by atoms with van der Waals surface area (Å²) in [5.74, 6) is 0.884. The van der Waals surface area contributed by atoms with E-state index in [4.69, 9.17) is 4.74 Å².